The first-order valence-corrected chi connectivity index (χ1v) is 10.9. The Labute approximate surface area is 176 Å². The molecule has 3 heterocycles. The highest BCUT2D eigenvalue weighted by atomic mass is 32.1. The second kappa shape index (κ2) is 8.86. The van der Waals surface area contributed by atoms with Gasteiger partial charge in [0.2, 0.25) is 5.91 Å². The number of carbonyl (C=O) groups excluding carboxylic acids is 2. The SMILES string of the molecule is COC(=O)c1ccc(COC[C@H]2CCC(=O)N2c2ccc(-c3nccs3)cc2)s1. The molecule has 0 saturated carbocycles. The Kier molecular flexibility index (Phi) is 6.03. The van der Waals surface area contributed by atoms with Crippen molar-refractivity contribution in [1.29, 1.82) is 0 Å². The van der Waals surface area contributed by atoms with Crippen LogP contribution < -0.4 is 4.90 Å². The van der Waals surface area contributed by atoms with Crippen LogP contribution in [0, 0.1) is 0 Å². The number of nitrogens with zero attached hydrogens (tertiary/aromatic N) is 2. The summed E-state index contributed by atoms with van der Waals surface area (Å²) in [6, 6.07) is 11.5. The average molecular weight is 429 g/mol. The van der Waals surface area contributed by atoms with Gasteiger partial charge in [0, 0.05) is 34.1 Å². The van der Waals surface area contributed by atoms with E-state index in [9.17, 15) is 9.59 Å². The predicted octanol–water partition coefficient (Wildman–Crippen LogP) is 4.37. The van der Waals surface area contributed by atoms with Gasteiger partial charge in [-0.25, -0.2) is 9.78 Å². The van der Waals surface area contributed by atoms with Crippen LogP contribution in [0.3, 0.4) is 0 Å². The first-order valence-electron chi connectivity index (χ1n) is 9.22. The van der Waals surface area contributed by atoms with Crippen LogP contribution >= 0.6 is 22.7 Å². The van der Waals surface area contributed by atoms with Gasteiger partial charge in [-0.15, -0.1) is 22.7 Å². The van der Waals surface area contributed by atoms with Crippen molar-refractivity contribution in [1.82, 2.24) is 4.98 Å². The maximum absolute atomic E-state index is 12.5. The average Bonchev–Trinajstić information content (AvgIpc) is 3.49. The van der Waals surface area contributed by atoms with Crippen molar-refractivity contribution in [2.75, 3.05) is 18.6 Å². The molecule has 3 aromatic rings. The third-order valence-corrected chi connectivity index (χ3v) is 6.61. The van der Waals surface area contributed by atoms with Crippen LogP contribution in [0.25, 0.3) is 10.6 Å². The van der Waals surface area contributed by atoms with E-state index in [4.69, 9.17) is 9.47 Å². The van der Waals surface area contributed by atoms with E-state index in [0.29, 0.717) is 24.5 Å². The van der Waals surface area contributed by atoms with E-state index < -0.39 is 0 Å². The molecule has 0 bridgehead atoms. The van der Waals surface area contributed by atoms with E-state index in [1.807, 2.05) is 40.6 Å². The second-order valence-corrected chi connectivity index (χ2v) is 8.68. The third kappa shape index (κ3) is 4.39. The van der Waals surface area contributed by atoms with Crippen molar-refractivity contribution in [3.05, 3.63) is 57.7 Å². The minimum absolute atomic E-state index is 0.00764. The van der Waals surface area contributed by atoms with Gasteiger partial charge in [-0.05, 0) is 42.8 Å². The molecule has 1 aliphatic rings. The molecule has 0 unspecified atom stereocenters. The van der Waals surface area contributed by atoms with E-state index in [1.165, 1.54) is 18.4 Å². The number of hydrogen-bond donors (Lipinski definition) is 0. The summed E-state index contributed by atoms with van der Waals surface area (Å²) < 4.78 is 10.6. The number of rotatable bonds is 7. The summed E-state index contributed by atoms with van der Waals surface area (Å²) in [5, 5.41) is 2.91. The molecular formula is C21H20N2O4S2. The molecule has 4 rings (SSSR count). The zero-order valence-corrected chi connectivity index (χ0v) is 17.5. The lowest BCUT2D eigenvalue weighted by Crippen LogP contribution is -2.36. The van der Waals surface area contributed by atoms with Crippen LogP contribution in [0.1, 0.15) is 27.4 Å². The molecule has 1 aromatic carbocycles. The van der Waals surface area contributed by atoms with E-state index in [2.05, 4.69) is 4.98 Å². The Bertz CT molecular complexity index is 983. The lowest BCUT2D eigenvalue weighted by molar-refractivity contribution is -0.117. The normalized spacial score (nSPS) is 16.4. The highest BCUT2D eigenvalue weighted by molar-refractivity contribution is 7.14. The second-order valence-electron chi connectivity index (χ2n) is 6.61. The van der Waals surface area contributed by atoms with Gasteiger partial charge in [-0.1, -0.05) is 0 Å². The summed E-state index contributed by atoms with van der Waals surface area (Å²) in [6.07, 6.45) is 3.08. The molecule has 29 heavy (non-hydrogen) atoms. The number of aromatic nitrogens is 1. The standard InChI is InChI=1S/C21H20N2O4S2/c1-26-21(25)18-8-7-17(29-18)13-27-12-16-6-9-19(24)23(16)15-4-2-14(3-5-15)20-22-10-11-28-20/h2-5,7-8,10-11,16H,6,9,12-13H2,1H3/t16-/m1/s1. The highest BCUT2D eigenvalue weighted by Crippen LogP contribution is 2.30. The molecule has 1 fully saturated rings. The molecule has 0 aliphatic carbocycles. The molecule has 1 amide bonds. The van der Waals surface area contributed by atoms with Crippen molar-refractivity contribution in [2.45, 2.75) is 25.5 Å². The van der Waals surface area contributed by atoms with Crippen molar-refractivity contribution in [3.8, 4) is 10.6 Å². The van der Waals surface area contributed by atoms with Crippen molar-refractivity contribution in [2.24, 2.45) is 0 Å². The van der Waals surface area contributed by atoms with Crippen LogP contribution in [-0.2, 0) is 20.9 Å². The molecular weight excluding hydrogens is 408 g/mol. The third-order valence-electron chi connectivity index (χ3n) is 4.75. The molecule has 0 radical (unpaired) electrons. The van der Waals surface area contributed by atoms with Crippen LogP contribution in [0.15, 0.2) is 48.0 Å². The number of methoxy groups -OCH3 is 1. The minimum Gasteiger partial charge on any atom is -0.465 e. The summed E-state index contributed by atoms with van der Waals surface area (Å²) in [4.78, 5) is 31.7. The Morgan fingerprint density at radius 1 is 1.24 bits per heavy atom. The first kappa shape index (κ1) is 19.8. The highest BCUT2D eigenvalue weighted by Gasteiger charge is 2.32. The number of ether oxygens (including phenoxy) is 2. The molecule has 0 N–H and O–H groups in total. The van der Waals surface area contributed by atoms with Gasteiger partial charge in [-0.2, -0.15) is 0 Å². The number of amides is 1. The van der Waals surface area contributed by atoms with E-state index in [0.717, 1.165) is 27.6 Å². The number of thiazole rings is 1. The fourth-order valence-corrected chi connectivity index (χ4v) is 4.86. The Morgan fingerprint density at radius 3 is 2.79 bits per heavy atom. The molecule has 0 spiro atoms. The fourth-order valence-electron chi connectivity index (χ4n) is 3.35. The van der Waals surface area contributed by atoms with Gasteiger partial charge in [0.05, 0.1) is 26.4 Å². The molecule has 2 aromatic heterocycles. The molecule has 1 atom stereocenters. The lowest BCUT2D eigenvalue weighted by Gasteiger charge is -2.25. The van der Waals surface area contributed by atoms with Crippen molar-refractivity contribution in [3.63, 3.8) is 0 Å². The van der Waals surface area contributed by atoms with Gasteiger partial charge in [-0.3, -0.25) is 4.79 Å². The number of thiophene rings is 1. The lowest BCUT2D eigenvalue weighted by atomic mass is 10.2. The maximum atomic E-state index is 12.5. The number of esters is 1. The van der Waals surface area contributed by atoms with E-state index in [1.54, 1.807) is 23.6 Å². The zero-order chi connectivity index (χ0) is 20.2. The van der Waals surface area contributed by atoms with Gasteiger partial charge < -0.3 is 14.4 Å². The fraction of sp³-hybridized carbons (Fsp3) is 0.286. The van der Waals surface area contributed by atoms with E-state index in [-0.39, 0.29) is 17.9 Å². The molecule has 1 aliphatic heterocycles. The summed E-state index contributed by atoms with van der Waals surface area (Å²) in [7, 11) is 1.37. The van der Waals surface area contributed by atoms with E-state index >= 15 is 0 Å². The van der Waals surface area contributed by atoms with Gasteiger partial charge in [0.25, 0.3) is 0 Å². The number of benzene rings is 1. The van der Waals surface area contributed by atoms with Crippen LogP contribution in [0.2, 0.25) is 0 Å². The van der Waals surface area contributed by atoms with Gasteiger partial charge in [0.1, 0.15) is 9.88 Å². The van der Waals surface area contributed by atoms with Crippen LogP contribution in [0.4, 0.5) is 5.69 Å². The van der Waals surface area contributed by atoms with Crippen LogP contribution in [0.5, 0.6) is 0 Å². The quantitative estimate of drug-likeness (QED) is 0.523. The molecule has 8 heteroatoms. The largest absolute Gasteiger partial charge is 0.465 e. The van der Waals surface area contributed by atoms with Crippen molar-refractivity contribution >= 4 is 40.2 Å². The summed E-state index contributed by atoms with van der Waals surface area (Å²) in [6.45, 7) is 0.856. The number of carbonyl (C=O) groups is 2. The topological polar surface area (TPSA) is 68.7 Å². The smallest absolute Gasteiger partial charge is 0.348 e. The van der Waals surface area contributed by atoms with Gasteiger partial charge >= 0.3 is 5.97 Å². The Balaban J connectivity index is 1.38. The predicted molar refractivity (Wildman–Crippen MR) is 113 cm³/mol. The Hall–Kier alpha value is -2.55. The van der Waals surface area contributed by atoms with Crippen molar-refractivity contribution < 1.29 is 19.1 Å². The number of anilines is 1. The monoisotopic (exact) mass is 428 g/mol. The molecule has 150 valence electrons. The maximum Gasteiger partial charge on any atom is 0.348 e. The minimum atomic E-state index is -0.338. The number of hydrogen-bond acceptors (Lipinski definition) is 7. The first-order chi connectivity index (χ1) is 14.2. The van der Waals surface area contributed by atoms with Crippen LogP contribution in [-0.4, -0.2) is 36.6 Å². The summed E-state index contributed by atoms with van der Waals surface area (Å²) >= 11 is 2.95. The van der Waals surface area contributed by atoms with Gasteiger partial charge in [0.15, 0.2) is 0 Å². The molecule has 6 nitrogen and oxygen atoms in total. The Morgan fingerprint density at radius 2 is 2.07 bits per heavy atom. The summed E-state index contributed by atoms with van der Waals surface area (Å²) in [5.74, 6) is -0.222. The zero-order valence-electron chi connectivity index (χ0n) is 15.9. The summed E-state index contributed by atoms with van der Waals surface area (Å²) in [5.41, 5.74) is 1.92. The molecule has 1 saturated heterocycles.